The number of benzene rings is 1. The summed E-state index contributed by atoms with van der Waals surface area (Å²) in [5, 5.41) is 3.62. The van der Waals surface area contributed by atoms with Crippen LogP contribution in [-0.2, 0) is 5.41 Å². The lowest BCUT2D eigenvalue weighted by atomic mass is 9.86. The minimum atomic E-state index is 0.208. The van der Waals surface area contributed by atoms with Crippen molar-refractivity contribution >= 4 is 0 Å². The van der Waals surface area contributed by atoms with E-state index in [1.54, 1.807) is 0 Å². The highest BCUT2D eigenvalue weighted by molar-refractivity contribution is 5.29. The molecule has 0 spiro atoms. The molecular weight excluding hydrogens is 244 g/mol. The number of hydrogen-bond acceptors (Lipinski definition) is 2. The lowest BCUT2D eigenvalue weighted by Crippen LogP contribution is -2.32. The number of rotatable bonds is 7. The van der Waals surface area contributed by atoms with Crippen molar-refractivity contribution in [1.82, 2.24) is 5.32 Å². The summed E-state index contributed by atoms with van der Waals surface area (Å²) in [4.78, 5) is 0. The standard InChI is InChI=1S/C18H32N2/c1-6-14(7-2)13-20-17(12-19)15-8-10-16(11-9-15)18(3,4)5/h8-11,14,17,20H,6-7,12-13,19H2,1-5H3. The van der Waals surface area contributed by atoms with Crippen LogP contribution in [0.2, 0.25) is 0 Å². The Kier molecular flexibility index (Phi) is 6.70. The molecule has 2 heteroatoms. The predicted octanol–water partition coefficient (Wildman–Crippen LogP) is 4.01. The first kappa shape index (κ1) is 17.2. The summed E-state index contributed by atoms with van der Waals surface area (Å²) in [6, 6.07) is 9.17. The van der Waals surface area contributed by atoms with Gasteiger partial charge in [0.05, 0.1) is 0 Å². The zero-order chi connectivity index (χ0) is 15.2. The van der Waals surface area contributed by atoms with Crippen LogP contribution in [0.5, 0.6) is 0 Å². The molecule has 1 atom stereocenters. The molecule has 0 bridgehead atoms. The Labute approximate surface area is 125 Å². The molecule has 0 aliphatic carbocycles. The van der Waals surface area contributed by atoms with Crippen molar-refractivity contribution in [2.24, 2.45) is 11.7 Å². The summed E-state index contributed by atoms with van der Waals surface area (Å²) < 4.78 is 0. The minimum absolute atomic E-state index is 0.208. The lowest BCUT2D eigenvalue weighted by Gasteiger charge is -2.23. The van der Waals surface area contributed by atoms with Gasteiger partial charge in [0.2, 0.25) is 0 Å². The molecule has 2 nitrogen and oxygen atoms in total. The molecule has 1 unspecified atom stereocenters. The molecule has 0 aromatic heterocycles. The first-order valence-corrected chi connectivity index (χ1v) is 7.96. The van der Waals surface area contributed by atoms with Crippen LogP contribution in [0.4, 0.5) is 0 Å². The van der Waals surface area contributed by atoms with Gasteiger partial charge in [-0.15, -0.1) is 0 Å². The molecule has 0 saturated carbocycles. The third-order valence-electron chi connectivity index (χ3n) is 4.22. The molecule has 0 amide bonds. The maximum absolute atomic E-state index is 5.94. The van der Waals surface area contributed by atoms with Crippen LogP contribution in [-0.4, -0.2) is 13.1 Å². The highest BCUT2D eigenvalue weighted by Crippen LogP contribution is 2.24. The Balaban J connectivity index is 2.70. The first-order chi connectivity index (χ1) is 9.42. The molecule has 0 saturated heterocycles. The van der Waals surface area contributed by atoms with Crippen molar-refractivity contribution in [1.29, 1.82) is 0 Å². The van der Waals surface area contributed by atoms with E-state index in [1.165, 1.54) is 24.0 Å². The van der Waals surface area contributed by atoms with Crippen LogP contribution in [0, 0.1) is 5.92 Å². The number of hydrogen-bond donors (Lipinski definition) is 2. The second-order valence-electron chi connectivity index (χ2n) is 6.75. The van der Waals surface area contributed by atoms with Gasteiger partial charge in [-0.3, -0.25) is 0 Å². The SMILES string of the molecule is CCC(CC)CNC(CN)c1ccc(C(C)(C)C)cc1. The zero-order valence-electron chi connectivity index (χ0n) is 13.9. The Morgan fingerprint density at radius 1 is 1.05 bits per heavy atom. The van der Waals surface area contributed by atoms with E-state index in [9.17, 15) is 0 Å². The average Bonchev–Trinajstić information content (AvgIpc) is 2.43. The van der Waals surface area contributed by atoms with Gasteiger partial charge < -0.3 is 11.1 Å². The molecule has 114 valence electrons. The maximum Gasteiger partial charge on any atom is 0.0444 e. The van der Waals surface area contributed by atoms with Gasteiger partial charge in [-0.1, -0.05) is 71.7 Å². The fourth-order valence-electron chi connectivity index (χ4n) is 2.44. The van der Waals surface area contributed by atoms with Gasteiger partial charge in [0.1, 0.15) is 0 Å². The van der Waals surface area contributed by atoms with E-state index < -0.39 is 0 Å². The van der Waals surface area contributed by atoms with E-state index in [1.807, 2.05) is 0 Å². The second-order valence-corrected chi connectivity index (χ2v) is 6.75. The molecule has 1 aromatic carbocycles. The largest absolute Gasteiger partial charge is 0.329 e. The van der Waals surface area contributed by atoms with Crippen molar-refractivity contribution in [3.63, 3.8) is 0 Å². The third-order valence-corrected chi connectivity index (χ3v) is 4.22. The van der Waals surface area contributed by atoms with E-state index in [0.29, 0.717) is 6.54 Å². The van der Waals surface area contributed by atoms with Gasteiger partial charge in [0.25, 0.3) is 0 Å². The second kappa shape index (κ2) is 7.80. The maximum atomic E-state index is 5.94. The molecule has 1 aromatic rings. The quantitative estimate of drug-likeness (QED) is 0.789. The average molecular weight is 276 g/mol. The highest BCUT2D eigenvalue weighted by Gasteiger charge is 2.15. The lowest BCUT2D eigenvalue weighted by molar-refractivity contribution is 0.414. The summed E-state index contributed by atoms with van der Waals surface area (Å²) in [6.45, 7) is 12.9. The predicted molar refractivity (Wildman–Crippen MR) is 89.0 cm³/mol. The van der Waals surface area contributed by atoms with Gasteiger partial charge in [-0.2, -0.15) is 0 Å². The van der Waals surface area contributed by atoms with Crippen LogP contribution in [0.1, 0.15) is 64.6 Å². The van der Waals surface area contributed by atoms with Gasteiger partial charge in [-0.25, -0.2) is 0 Å². The molecule has 3 N–H and O–H groups in total. The van der Waals surface area contributed by atoms with E-state index in [4.69, 9.17) is 5.73 Å². The highest BCUT2D eigenvalue weighted by atomic mass is 14.9. The summed E-state index contributed by atoms with van der Waals surface area (Å²) in [5.74, 6) is 0.748. The van der Waals surface area contributed by atoms with Crippen molar-refractivity contribution in [2.75, 3.05) is 13.1 Å². The van der Waals surface area contributed by atoms with Gasteiger partial charge in [0.15, 0.2) is 0 Å². The Bertz CT molecular complexity index is 371. The summed E-state index contributed by atoms with van der Waals surface area (Å²) >= 11 is 0. The topological polar surface area (TPSA) is 38.0 Å². The van der Waals surface area contributed by atoms with Crippen LogP contribution in [0.3, 0.4) is 0 Å². The molecule has 0 radical (unpaired) electrons. The van der Waals surface area contributed by atoms with Crippen LogP contribution < -0.4 is 11.1 Å². The third kappa shape index (κ3) is 4.92. The normalized spacial score (nSPS) is 13.8. The van der Waals surface area contributed by atoms with Crippen LogP contribution in [0.25, 0.3) is 0 Å². The van der Waals surface area contributed by atoms with Gasteiger partial charge in [-0.05, 0) is 29.0 Å². The molecule has 0 heterocycles. The molecule has 0 aliphatic rings. The minimum Gasteiger partial charge on any atom is -0.329 e. The van der Waals surface area contributed by atoms with Crippen molar-refractivity contribution in [2.45, 2.75) is 58.9 Å². The summed E-state index contributed by atoms with van der Waals surface area (Å²) in [6.07, 6.45) is 2.45. The van der Waals surface area contributed by atoms with E-state index >= 15 is 0 Å². The molecule has 0 aliphatic heterocycles. The van der Waals surface area contributed by atoms with Gasteiger partial charge >= 0.3 is 0 Å². The van der Waals surface area contributed by atoms with E-state index in [-0.39, 0.29) is 11.5 Å². The number of nitrogens with one attached hydrogen (secondary N) is 1. The first-order valence-electron chi connectivity index (χ1n) is 7.96. The molecule has 0 fully saturated rings. The number of nitrogens with two attached hydrogens (primary N) is 1. The van der Waals surface area contributed by atoms with Crippen molar-refractivity contribution in [3.8, 4) is 0 Å². The Hall–Kier alpha value is -0.860. The molecular formula is C18H32N2. The molecule has 1 rings (SSSR count). The van der Waals surface area contributed by atoms with Crippen LogP contribution in [0.15, 0.2) is 24.3 Å². The Morgan fingerprint density at radius 2 is 1.60 bits per heavy atom. The van der Waals surface area contributed by atoms with E-state index in [0.717, 1.165) is 12.5 Å². The fourth-order valence-corrected chi connectivity index (χ4v) is 2.44. The van der Waals surface area contributed by atoms with Crippen molar-refractivity contribution < 1.29 is 0 Å². The Morgan fingerprint density at radius 3 is 2.00 bits per heavy atom. The van der Waals surface area contributed by atoms with Crippen molar-refractivity contribution in [3.05, 3.63) is 35.4 Å². The van der Waals surface area contributed by atoms with Gasteiger partial charge in [0, 0.05) is 12.6 Å². The van der Waals surface area contributed by atoms with E-state index in [2.05, 4.69) is 64.2 Å². The smallest absolute Gasteiger partial charge is 0.0444 e. The zero-order valence-corrected chi connectivity index (χ0v) is 13.9. The monoisotopic (exact) mass is 276 g/mol. The van der Waals surface area contributed by atoms with Crippen LogP contribution >= 0.6 is 0 Å². The summed E-state index contributed by atoms with van der Waals surface area (Å²) in [7, 11) is 0. The molecule has 20 heavy (non-hydrogen) atoms. The summed E-state index contributed by atoms with van der Waals surface area (Å²) in [5.41, 5.74) is 8.81. The fraction of sp³-hybridized carbons (Fsp3) is 0.667.